The van der Waals surface area contributed by atoms with Crippen LogP contribution in [0.15, 0.2) is 54.6 Å². The molecule has 1 aliphatic rings. The smallest absolute Gasteiger partial charge is 0.151 e. The SMILES string of the molecule is C/C=C(\C)NCNc1cccc(C)n1.C/C=C\Cc1c(C=O)cn2ncnc(N)c12.CC.NC1CC1. The zero-order valence-electron chi connectivity index (χ0n) is 22.5. The molecule has 0 bridgehead atoms. The second kappa shape index (κ2) is 16.8. The number of aldehydes is 1. The van der Waals surface area contributed by atoms with E-state index in [2.05, 4.69) is 25.7 Å². The Hall–Kier alpha value is -3.72. The number of carbonyl (C=O) groups is 1. The molecule has 4 rings (SSSR count). The van der Waals surface area contributed by atoms with Gasteiger partial charge in [-0.15, -0.1) is 0 Å². The number of nitrogens with one attached hydrogen (secondary N) is 2. The van der Waals surface area contributed by atoms with Gasteiger partial charge in [0.2, 0.25) is 0 Å². The number of nitrogens with zero attached hydrogens (tertiary/aromatic N) is 4. The quantitative estimate of drug-likeness (QED) is 0.212. The van der Waals surface area contributed by atoms with Crippen LogP contribution >= 0.6 is 0 Å². The molecular weight excluding hydrogens is 452 g/mol. The minimum absolute atomic E-state index is 0.391. The minimum atomic E-state index is 0.391. The van der Waals surface area contributed by atoms with Gasteiger partial charge in [0.25, 0.3) is 0 Å². The van der Waals surface area contributed by atoms with Gasteiger partial charge >= 0.3 is 0 Å². The van der Waals surface area contributed by atoms with E-state index >= 15 is 0 Å². The molecule has 36 heavy (non-hydrogen) atoms. The highest BCUT2D eigenvalue weighted by Crippen LogP contribution is 2.21. The Morgan fingerprint density at radius 1 is 1.25 bits per heavy atom. The van der Waals surface area contributed by atoms with E-state index in [1.165, 1.54) is 19.2 Å². The third-order valence-electron chi connectivity index (χ3n) is 5.00. The first-order valence-corrected chi connectivity index (χ1v) is 12.4. The summed E-state index contributed by atoms with van der Waals surface area (Å²) in [6.07, 6.45) is 13.0. The Labute approximate surface area is 215 Å². The highest BCUT2D eigenvalue weighted by molar-refractivity contribution is 5.85. The van der Waals surface area contributed by atoms with Gasteiger partial charge in [0.05, 0.1) is 6.67 Å². The number of hydrogen-bond donors (Lipinski definition) is 4. The summed E-state index contributed by atoms with van der Waals surface area (Å²) in [4.78, 5) is 19.2. The normalized spacial score (nSPS) is 12.5. The molecule has 0 atom stereocenters. The number of hydrogen-bond acceptors (Lipinski definition) is 8. The Morgan fingerprint density at radius 2 is 1.94 bits per heavy atom. The van der Waals surface area contributed by atoms with Crippen molar-refractivity contribution in [3.63, 3.8) is 0 Å². The standard InChI is InChI=1S/C11H12N4O.C11H17N3.C3H7N.C2H6/c1-2-3-4-9-8(6-16)5-15-10(9)11(12)13-7-14-15;1-4-9(2)12-8-13-11-7-5-6-10(3)14-11;4-3-1-2-3;1-2/h2-3,5-7H,4H2,1H3,(H2,12,13,14);4-7,12H,8H2,1-3H3,(H,13,14);3H,1-2,4H2;1-2H3/b3-2-;9-4+;;. The van der Waals surface area contributed by atoms with Crippen molar-refractivity contribution in [1.29, 1.82) is 0 Å². The lowest BCUT2D eigenvalue weighted by atomic mass is 10.1. The maximum Gasteiger partial charge on any atom is 0.151 e. The van der Waals surface area contributed by atoms with E-state index in [0.29, 0.717) is 36.0 Å². The molecule has 9 nitrogen and oxygen atoms in total. The Bertz CT molecular complexity index is 1120. The van der Waals surface area contributed by atoms with Gasteiger partial charge in [0.1, 0.15) is 17.7 Å². The summed E-state index contributed by atoms with van der Waals surface area (Å²) in [5, 5.41) is 10.4. The molecule has 196 valence electrons. The number of allylic oxidation sites excluding steroid dienone is 4. The molecule has 1 saturated carbocycles. The zero-order chi connectivity index (χ0) is 26.9. The van der Waals surface area contributed by atoms with Crippen LogP contribution in [0.5, 0.6) is 0 Å². The van der Waals surface area contributed by atoms with Gasteiger partial charge in [-0.1, -0.05) is 38.1 Å². The van der Waals surface area contributed by atoms with Crippen LogP contribution in [-0.2, 0) is 6.42 Å². The second-order valence-corrected chi connectivity index (χ2v) is 7.90. The van der Waals surface area contributed by atoms with Crippen LogP contribution in [0.3, 0.4) is 0 Å². The molecule has 9 heteroatoms. The van der Waals surface area contributed by atoms with Crippen LogP contribution in [0, 0.1) is 6.92 Å². The maximum absolute atomic E-state index is 10.9. The number of carbonyl (C=O) groups excluding carboxylic acids is 1. The Balaban J connectivity index is 0.000000295. The summed E-state index contributed by atoms with van der Waals surface area (Å²) in [6, 6.07) is 6.52. The first kappa shape index (κ1) is 30.3. The molecule has 0 saturated heterocycles. The van der Waals surface area contributed by atoms with Gasteiger partial charge in [-0.25, -0.2) is 14.5 Å². The average Bonchev–Trinajstić information content (AvgIpc) is 3.58. The number of aryl methyl sites for hydroxylation is 1. The average molecular weight is 495 g/mol. The summed E-state index contributed by atoms with van der Waals surface area (Å²) < 4.78 is 1.59. The van der Waals surface area contributed by atoms with Gasteiger partial charge in [0.15, 0.2) is 12.1 Å². The van der Waals surface area contributed by atoms with Crippen molar-refractivity contribution in [2.24, 2.45) is 5.73 Å². The third-order valence-corrected chi connectivity index (χ3v) is 5.00. The molecule has 0 aromatic carbocycles. The molecular formula is C27H42N8O. The van der Waals surface area contributed by atoms with Crippen LogP contribution in [0.2, 0.25) is 0 Å². The highest BCUT2D eigenvalue weighted by atomic mass is 16.1. The number of nitrogen functional groups attached to an aromatic ring is 1. The van der Waals surface area contributed by atoms with E-state index in [4.69, 9.17) is 11.5 Å². The van der Waals surface area contributed by atoms with Crippen LogP contribution in [0.1, 0.15) is 69.1 Å². The Kier molecular flexibility index (Phi) is 14.2. The van der Waals surface area contributed by atoms with Crippen molar-refractivity contribution < 1.29 is 4.79 Å². The number of aromatic nitrogens is 4. The van der Waals surface area contributed by atoms with Crippen LogP contribution in [0.4, 0.5) is 11.6 Å². The number of anilines is 2. The van der Waals surface area contributed by atoms with E-state index in [-0.39, 0.29) is 0 Å². The largest absolute Gasteiger partial charge is 0.382 e. The van der Waals surface area contributed by atoms with Crippen LogP contribution in [0.25, 0.3) is 5.52 Å². The van der Waals surface area contributed by atoms with Crippen molar-refractivity contribution in [2.45, 2.75) is 66.8 Å². The third kappa shape index (κ3) is 10.7. The van der Waals surface area contributed by atoms with E-state index in [9.17, 15) is 4.79 Å². The van der Waals surface area contributed by atoms with Crippen LogP contribution < -0.4 is 22.1 Å². The van der Waals surface area contributed by atoms with Gasteiger partial charge in [-0.2, -0.15) is 5.10 Å². The lowest BCUT2D eigenvalue weighted by molar-refractivity contribution is 0.112. The first-order chi connectivity index (χ1) is 17.4. The minimum Gasteiger partial charge on any atom is -0.382 e. The molecule has 0 radical (unpaired) electrons. The van der Waals surface area contributed by atoms with Crippen LogP contribution in [-0.4, -0.2) is 38.6 Å². The Morgan fingerprint density at radius 3 is 2.50 bits per heavy atom. The van der Waals surface area contributed by atoms with Gasteiger partial charge in [-0.3, -0.25) is 4.79 Å². The topological polar surface area (TPSA) is 136 Å². The van der Waals surface area contributed by atoms with Crippen molar-refractivity contribution in [3.8, 4) is 0 Å². The molecule has 1 aliphatic carbocycles. The van der Waals surface area contributed by atoms with Gasteiger partial charge in [-0.05, 0) is 64.7 Å². The van der Waals surface area contributed by atoms with Crippen molar-refractivity contribution in [2.75, 3.05) is 17.7 Å². The summed E-state index contributed by atoms with van der Waals surface area (Å²) in [5.74, 6) is 1.30. The molecule has 6 N–H and O–H groups in total. The van der Waals surface area contributed by atoms with Crippen molar-refractivity contribution >= 4 is 23.4 Å². The maximum atomic E-state index is 10.9. The summed E-state index contributed by atoms with van der Waals surface area (Å²) in [6.45, 7) is 12.7. The number of fused-ring (bicyclic) bond motifs is 1. The number of rotatable bonds is 7. The van der Waals surface area contributed by atoms with Crippen molar-refractivity contribution in [1.82, 2.24) is 24.9 Å². The number of pyridine rings is 1. The summed E-state index contributed by atoms with van der Waals surface area (Å²) >= 11 is 0. The zero-order valence-corrected chi connectivity index (χ0v) is 22.5. The highest BCUT2D eigenvalue weighted by Gasteiger charge is 2.13. The van der Waals surface area contributed by atoms with E-state index < -0.39 is 0 Å². The molecule has 0 aliphatic heterocycles. The molecule has 3 heterocycles. The lowest BCUT2D eigenvalue weighted by Crippen LogP contribution is -2.20. The summed E-state index contributed by atoms with van der Waals surface area (Å²) in [5.41, 5.74) is 15.4. The lowest BCUT2D eigenvalue weighted by Gasteiger charge is -2.08. The van der Waals surface area contributed by atoms with E-state index in [1.54, 1.807) is 10.7 Å². The second-order valence-electron chi connectivity index (χ2n) is 7.90. The predicted molar refractivity (Wildman–Crippen MR) is 150 cm³/mol. The fourth-order valence-corrected chi connectivity index (χ4v) is 2.78. The fraction of sp³-hybridized carbons (Fsp3) is 0.407. The molecule has 0 amide bonds. The molecule has 0 unspecified atom stereocenters. The first-order valence-electron chi connectivity index (χ1n) is 12.4. The molecule has 3 aromatic heterocycles. The molecule has 1 fully saturated rings. The summed E-state index contributed by atoms with van der Waals surface area (Å²) in [7, 11) is 0. The monoisotopic (exact) mass is 494 g/mol. The van der Waals surface area contributed by atoms with Gasteiger partial charge < -0.3 is 22.1 Å². The molecule has 3 aromatic rings. The van der Waals surface area contributed by atoms with Gasteiger partial charge in [0, 0.05) is 29.2 Å². The van der Waals surface area contributed by atoms with E-state index in [0.717, 1.165) is 29.1 Å². The number of nitrogens with two attached hydrogens (primary N) is 2. The van der Waals surface area contributed by atoms with Crippen molar-refractivity contribution in [3.05, 3.63) is 71.5 Å². The van der Waals surface area contributed by atoms with E-state index in [1.807, 2.05) is 78.0 Å². The molecule has 0 spiro atoms. The fourth-order valence-electron chi connectivity index (χ4n) is 2.78. The predicted octanol–water partition coefficient (Wildman–Crippen LogP) is 4.65.